The molecule has 2 aliphatic heterocycles. The number of fused-ring (bicyclic) bond motifs is 1. The lowest BCUT2D eigenvalue weighted by Gasteiger charge is -2.31. The number of halogens is 1. The Kier molecular flexibility index (Phi) is 6.97. The predicted molar refractivity (Wildman–Crippen MR) is 140 cm³/mol. The largest absolute Gasteiger partial charge is 0.347 e. The molecule has 6 nitrogen and oxygen atoms in total. The summed E-state index contributed by atoms with van der Waals surface area (Å²) in [5.74, 6) is 0.340. The second-order valence-corrected chi connectivity index (χ2v) is 10.5. The number of rotatable bonds is 6. The minimum absolute atomic E-state index is 0.0631. The molecule has 1 saturated heterocycles. The average Bonchev–Trinajstić information content (AvgIpc) is 3.52. The monoisotopic (exact) mass is 506 g/mol. The van der Waals surface area contributed by atoms with Gasteiger partial charge in [-0.3, -0.25) is 14.6 Å². The molecule has 1 atom stereocenters. The van der Waals surface area contributed by atoms with Gasteiger partial charge in [0.1, 0.15) is 5.69 Å². The summed E-state index contributed by atoms with van der Waals surface area (Å²) in [6, 6.07) is 13.7. The van der Waals surface area contributed by atoms with Gasteiger partial charge in [0.2, 0.25) is 5.91 Å². The quantitative estimate of drug-likeness (QED) is 0.470. The molecule has 0 radical (unpaired) electrons. The highest BCUT2D eigenvalue weighted by atomic mass is 35.5. The van der Waals surface area contributed by atoms with Gasteiger partial charge in [-0.25, -0.2) is 4.98 Å². The van der Waals surface area contributed by atoms with E-state index in [0.717, 1.165) is 40.2 Å². The van der Waals surface area contributed by atoms with Crippen molar-refractivity contribution in [1.82, 2.24) is 15.2 Å². The second-order valence-electron chi connectivity index (χ2n) is 9.13. The number of aryl methyl sites for hydroxylation is 1. The van der Waals surface area contributed by atoms with Crippen molar-refractivity contribution in [2.24, 2.45) is 4.99 Å². The van der Waals surface area contributed by atoms with Gasteiger partial charge >= 0.3 is 0 Å². The van der Waals surface area contributed by atoms with Crippen molar-refractivity contribution in [2.45, 2.75) is 44.6 Å². The number of amides is 2. The van der Waals surface area contributed by atoms with E-state index in [1.807, 2.05) is 59.8 Å². The number of likely N-dealkylation sites (tertiary alicyclic amines) is 1. The van der Waals surface area contributed by atoms with Crippen molar-refractivity contribution in [1.29, 1.82) is 0 Å². The molecule has 35 heavy (non-hydrogen) atoms. The van der Waals surface area contributed by atoms with Gasteiger partial charge in [0.15, 0.2) is 0 Å². The molecule has 2 amide bonds. The first-order valence-electron chi connectivity index (χ1n) is 11.9. The van der Waals surface area contributed by atoms with Crippen molar-refractivity contribution in [3.63, 3.8) is 0 Å². The predicted octanol–water partition coefficient (Wildman–Crippen LogP) is 5.63. The fourth-order valence-electron chi connectivity index (χ4n) is 4.73. The number of aromatic nitrogens is 1. The molecule has 5 rings (SSSR count). The van der Waals surface area contributed by atoms with E-state index in [1.54, 1.807) is 0 Å². The van der Waals surface area contributed by atoms with Gasteiger partial charge in [0.05, 0.1) is 10.7 Å². The van der Waals surface area contributed by atoms with Crippen molar-refractivity contribution >= 4 is 46.7 Å². The molecule has 180 valence electrons. The maximum absolute atomic E-state index is 12.9. The van der Waals surface area contributed by atoms with E-state index in [-0.39, 0.29) is 23.7 Å². The normalized spacial score (nSPS) is 17.4. The molecule has 0 bridgehead atoms. The topological polar surface area (TPSA) is 74.7 Å². The molecule has 8 heteroatoms. The Morgan fingerprint density at radius 2 is 1.97 bits per heavy atom. The van der Waals surface area contributed by atoms with Gasteiger partial charge in [-0.05, 0) is 54.7 Å². The highest BCUT2D eigenvalue weighted by molar-refractivity contribution is 7.09. The molecule has 1 N–H and O–H groups in total. The highest BCUT2D eigenvalue weighted by Gasteiger charge is 2.29. The summed E-state index contributed by atoms with van der Waals surface area (Å²) in [5, 5.41) is 6.44. The van der Waals surface area contributed by atoms with Crippen molar-refractivity contribution < 1.29 is 9.59 Å². The lowest BCUT2D eigenvalue weighted by molar-refractivity contribution is -0.132. The van der Waals surface area contributed by atoms with Crippen LogP contribution in [0.3, 0.4) is 0 Å². The van der Waals surface area contributed by atoms with Crippen molar-refractivity contribution in [3.05, 3.63) is 80.3 Å². The van der Waals surface area contributed by atoms with E-state index in [1.165, 1.54) is 11.3 Å². The van der Waals surface area contributed by atoms with E-state index in [9.17, 15) is 9.59 Å². The van der Waals surface area contributed by atoms with E-state index in [0.29, 0.717) is 36.8 Å². The van der Waals surface area contributed by atoms with Crippen LogP contribution in [0, 0.1) is 6.92 Å². The van der Waals surface area contributed by atoms with E-state index in [2.05, 4.69) is 21.4 Å². The number of aliphatic imine (C=N–C) groups is 1. The van der Waals surface area contributed by atoms with Gasteiger partial charge in [0.25, 0.3) is 5.91 Å². The molecule has 3 heterocycles. The van der Waals surface area contributed by atoms with Crippen LogP contribution < -0.4 is 5.32 Å². The third kappa shape index (κ3) is 5.31. The second kappa shape index (κ2) is 10.3. The average molecular weight is 507 g/mol. The zero-order valence-electron chi connectivity index (χ0n) is 19.5. The van der Waals surface area contributed by atoms with Gasteiger partial charge in [-0.1, -0.05) is 35.9 Å². The number of nitrogens with zero attached hydrogens (tertiary/aromatic N) is 3. The molecule has 1 fully saturated rings. The number of benzene rings is 2. The maximum Gasteiger partial charge on any atom is 0.271 e. The zero-order valence-corrected chi connectivity index (χ0v) is 21.1. The maximum atomic E-state index is 12.9. The number of hydrogen-bond donors (Lipinski definition) is 1. The SMILES string of the molecule is Cc1cc(Cl)ccc1CNC(=O)c1csc(C2CCN(C(=O)CC3C=Nc4ccccc43)CC2)n1. The van der Waals surface area contributed by atoms with Crippen LogP contribution in [0.5, 0.6) is 0 Å². The Bertz CT molecular complexity index is 1280. The van der Waals surface area contributed by atoms with Crippen LogP contribution in [0.1, 0.15) is 63.3 Å². The molecule has 1 unspecified atom stereocenters. The van der Waals surface area contributed by atoms with Crippen LogP contribution in [0.4, 0.5) is 5.69 Å². The standard InChI is InChI=1S/C27H27ClN4O2S/c1-17-12-21(28)7-6-19(17)14-30-26(34)24-16-35-27(31-24)18-8-10-32(11-9-18)25(33)13-20-15-29-23-5-3-2-4-22(20)23/h2-7,12,15-16,18,20H,8-11,13-14H2,1H3,(H,30,34). The first-order valence-corrected chi connectivity index (χ1v) is 13.1. The van der Waals surface area contributed by atoms with Crippen LogP contribution in [0.2, 0.25) is 5.02 Å². The number of thiazole rings is 1. The molecule has 0 aliphatic carbocycles. The molecule has 0 saturated carbocycles. The zero-order chi connectivity index (χ0) is 24.4. The molecule has 3 aromatic rings. The van der Waals surface area contributed by atoms with Gasteiger partial charge in [-0.15, -0.1) is 11.3 Å². The molecule has 1 aromatic heterocycles. The number of para-hydroxylation sites is 1. The summed E-state index contributed by atoms with van der Waals surface area (Å²) >= 11 is 7.54. The van der Waals surface area contributed by atoms with Crippen LogP contribution in [-0.4, -0.2) is 41.0 Å². The molecule has 2 aliphatic rings. The molecular weight excluding hydrogens is 480 g/mol. The van der Waals surface area contributed by atoms with E-state index < -0.39 is 0 Å². The summed E-state index contributed by atoms with van der Waals surface area (Å²) in [5.41, 5.74) is 4.63. The Morgan fingerprint density at radius 3 is 2.77 bits per heavy atom. The number of carbonyl (C=O) groups is 2. The Morgan fingerprint density at radius 1 is 1.17 bits per heavy atom. The molecular formula is C27H27ClN4O2S. The van der Waals surface area contributed by atoms with Crippen LogP contribution in [-0.2, 0) is 11.3 Å². The fraction of sp³-hybridized carbons (Fsp3) is 0.333. The summed E-state index contributed by atoms with van der Waals surface area (Å²) in [7, 11) is 0. The molecule has 2 aromatic carbocycles. The minimum atomic E-state index is -0.173. The minimum Gasteiger partial charge on any atom is -0.347 e. The summed E-state index contributed by atoms with van der Waals surface area (Å²) in [4.78, 5) is 36.6. The molecule has 0 spiro atoms. The number of nitrogens with one attached hydrogen (secondary N) is 1. The Balaban J connectivity index is 1.12. The van der Waals surface area contributed by atoms with E-state index in [4.69, 9.17) is 11.6 Å². The summed E-state index contributed by atoms with van der Waals surface area (Å²) < 4.78 is 0. The van der Waals surface area contributed by atoms with Crippen LogP contribution in [0.25, 0.3) is 0 Å². The van der Waals surface area contributed by atoms with Gasteiger partial charge < -0.3 is 10.2 Å². The van der Waals surface area contributed by atoms with E-state index >= 15 is 0 Å². The van der Waals surface area contributed by atoms with Crippen molar-refractivity contribution in [3.8, 4) is 0 Å². The lowest BCUT2D eigenvalue weighted by Crippen LogP contribution is -2.38. The lowest BCUT2D eigenvalue weighted by atomic mass is 9.94. The van der Waals surface area contributed by atoms with Gasteiger partial charge in [-0.2, -0.15) is 0 Å². The fourth-order valence-corrected chi connectivity index (χ4v) is 5.93. The Labute approximate surface area is 214 Å². The van der Waals surface area contributed by atoms with Crippen LogP contribution >= 0.6 is 22.9 Å². The first kappa shape index (κ1) is 23.7. The summed E-state index contributed by atoms with van der Waals surface area (Å²) in [6.45, 7) is 3.84. The number of hydrogen-bond acceptors (Lipinski definition) is 5. The van der Waals surface area contributed by atoms with Gasteiger partial charge in [0, 0.05) is 54.5 Å². The number of piperidine rings is 1. The highest BCUT2D eigenvalue weighted by Crippen LogP contribution is 2.35. The third-order valence-corrected chi connectivity index (χ3v) is 8.06. The summed E-state index contributed by atoms with van der Waals surface area (Å²) in [6.07, 6.45) is 4.07. The number of carbonyl (C=O) groups excluding carboxylic acids is 2. The Hall–Kier alpha value is -3.03. The smallest absolute Gasteiger partial charge is 0.271 e. The van der Waals surface area contributed by atoms with Crippen LogP contribution in [0.15, 0.2) is 52.8 Å². The van der Waals surface area contributed by atoms with Crippen molar-refractivity contribution in [2.75, 3.05) is 13.1 Å². The third-order valence-electron chi connectivity index (χ3n) is 6.82. The first-order chi connectivity index (χ1) is 17.0.